The number of anilines is 2. The van der Waals surface area contributed by atoms with Crippen LogP contribution in [-0.2, 0) is 0 Å². The summed E-state index contributed by atoms with van der Waals surface area (Å²) in [4.78, 5) is 6.84. The second kappa shape index (κ2) is 8.84. The highest BCUT2D eigenvalue weighted by Crippen LogP contribution is 2.31. The number of hydrogen-bond acceptors (Lipinski definition) is 4. The maximum atomic E-state index is 6.31. The van der Waals surface area contributed by atoms with Crippen molar-refractivity contribution in [2.45, 2.75) is 18.9 Å². The summed E-state index contributed by atoms with van der Waals surface area (Å²) in [6.07, 6.45) is 3.84. The van der Waals surface area contributed by atoms with Crippen LogP contribution in [0.3, 0.4) is 0 Å². The topological polar surface area (TPSA) is 49.4 Å². The van der Waals surface area contributed by atoms with Gasteiger partial charge in [0.25, 0.3) is 0 Å². The van der Waals surface area contributed by atoms with E-state index < -0.39 is 0 Å². The fourth-order valence-electron chi connectivity index (χ4n) is 3.72. The molecule has 2 N–H and O–H groups in total. The Morgan fingerprint density at radius 1 is 1.17 bits per heavy atom. The normalized spacial score (nSPS) is 14.6. The maximum Gasteiger partial charge on any atom is 0.170 e. The molecule has 1 aromatic heterocycles. The molecule has 1 saturated heterocycles. The Kier molecular flexibility index (Phi) is 6.02. The molecule has 2 aromatic carbocycles. The van der Waals surface area contributed by atoms with E-state index in [1.165, 1.54) is 5.69 Å². The molecular formula is C22H23ClN4OS. The van der Waals surface area contributed by atoms with Gasteiger partial charge in [-0.2, -0.15) is 0 Å². The van der Waals surface area contributed by atoms with E-state index in [0.29, 0.717) is 16.2 Å². The van der Waals surface area contributed by atoms with Gasteiger partial charge in [-0.3, -0.25) is 4.98 Å². The van der Waals surface area contributed by atoms with Crippen LogP contribution < -0.4 is 20.3 Å². The smallest absolute Gasteiger partial charge is 0.170 e. The molecule has 4 rings (SSSR count). The molecule has 1 aliphatic rings. The zero-order chi connectivity index (χ0) is 20.2. The van der Waals surface area contributed by atoms with Crippen molar-refractivity contribution in [3.05, 3.63) is 59.8 Å². The number of aromatic nitrogens is 1. The number of hydrogen-bond donors (Lipinski definition) is 2. The molecule has 0 amide bonds. The minimum absolute atomic E-state index is 0.341. The summed E-state index contributed by atoms with van der Waals surface area (Å²) >= 11 is 11.8. The summed E-state index contributed by atoms with van der Waals surface area (Å²) in [6.45, 7) is 1.90. The van der Waals surface area contributed by atoms with Crippen LogP contribution in [0.5, 0.6) is 5.75 Å². The summed E-state index contributed by atoms with van der Waals surface area (Å²) in [7, 11) is 1.66. The van der Waals surface area contributed by atoms with E-state index in [-0.39, 0.29) is 0 Å². The number of rotatable bonds is 4. The number of piperidine rings is 1. The summed E-state index contributed by atoms with van der Waals surface area (Å²) < 4.78 is 5.26. The lowest BCUT2D eigenvalue weighted by Gasteiger charge is -2.35. The maximum absolute atomic E-state index is 6.31. The molecule has 1 aliphatic heterocycles. The lowest BCUT2D eigenvalue weighted by molar-refractivity contribution is 0.415. The third-order valence-corrected chi connectivity index (χ3v) is 5.72. The number of nitrogens with zero attached hydrogens (tertiary/aromatic N) is 2. The first-order valence-electron chi connectivity index (χ1n) is 9.64. The van der Waals surface area contributed by atoms with Gasteiger partial charge in [-0.1, -0.05) is 29.8 Å². The predicted octanol–water partition coefficient (Wildman–Crippen LogP) is 4.85. The lowest BCUT2D eigenvalue weighted by atomic mass is 10.0. The monoisotopic (exact) mass is 426 g/mol. The van der Waals surface area contributed by atoms with Crippen molar-refractivity contribution in [1.82, 2.24) is 10.3 Å². The van der Waals surface area contributed by atoms with E-state index in [9.17, 15) is 0 Å². The summed E-state index contributed by atoms with van der Waals surface area (Å²) in [5.74, 6) is 0.802. The van der Waals surface area contributed by atoms with Crippen LogP contribution in [0.1, 0.15) is 12.8 Å². The standard InChI is InChI=1S/C22H23ClN4OS/c1-28-17-5-2-4-16(14-17)26-22(29)25-15-9-12-27(13-10-15)20-8-11-24-21-18(20)6-3-7-19(21)23/h2-8,11,14-15H,9-10,12-13H2,1H3,(H2,25,26,29). The molecule has 0 unspecified atom stereocenters. The first-order valence-corrected chi connectivity index (χ1v) is 10.4. The molecule has 0 saturated carbocycles. The van der Waals surface area contributed by atoms with Crippen LogP contribution in [0.2, 0.25) is 5.02 Å². The summed E-state index contributed by atoms with van der Waals surface area (Å²) in [5, 5.41) is 9.11. The second-order valence-electron chi connectivity index (χ2n) is 7.06. The third-order valence-electron chi connectivity index (χ3n) is 5.20. The fourth-order valence-corrected chi connectivity index (χ4v) is 4.23. The van der Waals surface area contributed by atoms with Gasteiger partial charge >= 0.3 is 0 Å². The number of fused-ring (bicyclic) bond motifs is 1. The Labute approximate surface area is 181 Å². The molecule has 29 heavy (non-hydrogen) atoms. The molecule has 0 radical (unpaired) electrons. The highest BCUT2D eigenvalue weighted by molar-refractivity contribution is 7.80. The van der Waals surface area contributed by atoms with E-state index >= 15 is 0 Å². The van der Waals surface area contributed by atoms with Crippen molar-refractivity contribution >= 4 is 51.2 Å². The van der Waals surface area contributed by atoms with Crippen LogP contribution in [0.15, 0.2) is 54.7 Å². The number of methoxy groups -OCH3 is 1. The molecule has 0 atom stereocenters. The van der Waals surface area contributed by atoms with Gasteiger partial charge in [0.1, 0.15) is 5.75 Å². The summed E-state index contributed by atoms with van der Waals surface area (Å²) in [5.41, 5.74) is 2.96. The van der Waals surface area contributed by atoms with Gasteiger partial charge in [0.15, 0.2) is 5.11 Å². The highest BCUT2D eigenvalue weighted by atomic mass is 35.5. The molecule has 150 valence electrons. The van der Waals surface area contributed by atoms with Crippen LogP contribution in [0.4, 0.5) is 11.4 Å². The Bertz CT molecular complexity index is 1020. The zero-order valence-corrected chi connectivity index (χ0v) is 17.8. The third kappa shape index (κ3) is 4.54. The van der Waals surface area contributed by atoms with Gasteiger partial charge in [-0.05, 0) is 49.3 Å². The van der Waals surface area contributed by atoms with Gasteiger partial charge in [-0.25, -0.2) is 0 Å². The van der Waals surface area contributed by atoms with Crippen LogP contribution >= 0.6 is 23.8 Å². The lowest BCUT2D eigenvalue weighted by Crippen LogP contribution is -2.46. The van der Waals surface area contributed by atoms with Crippen molar-refractivity contribution in [2.24, 2.45) is 0 Å². The van der Waals surface area contributed by atoms with E-state index in [1.54, 1.807) is 7.11 Å². The Morgan fingerprint density at radius 2 is 1.97 bits per heavy atom. The van der Waals surface area contributed by atoms with Crippen LogP contribution in [0, 0.1) is 0 Å². The van der Waals surface area contributed by atoms with E-state index in [4.69, 9.17) is 28.6 Å². The Balaban J connectivity index is 1.36. The number of nitrogens with one attached hydrogen (secondary N) is 2. The Hall–Kier alpha value is -2.57. The minimum atomic E-state index is 0.341. The fraction of sp³-hybridized carbons (Fsp3) is 0.273. The van der Waals surface area contributed by atoms with E-state index in [0.717, 1.165) is 48.3 Å². The number of ether oxygens (including phenoxy) is 1. The number of benzene rings is 2. The van der Waals surface area contributed by atoms with Gasteiger partial charge < -0.3 is 20.3 Å². The summed E-state index contributed by atoms with van der Waals surface area (Å²) in [6, 6.07) is 16.1. The van der Waals surface area contributed by atoms with Gasteiger partial charge in [0.05, 0.1) is 17.6 Å². The van der Waals surface area contributed by atoms with Crippen LogP contribution in [0.25, 0.3) is 10.9 Å². The van der Waals surface area contributed by atoms with E-state index in [2.05, 4.69) is 32.7 Å². The van der Waals surface area contributed by atoms with Gasteiger partial charge in [0, 0.05) is 48.2 Å². The number of pyridine rings is 1. The zero-order valence-electron chi connectivity index (χ0n) is 16.2. The largest absolute Gasteiger partial charge is 0.497 e. The first-order chi connectivity index (χ1) is 14.1. The second-order valence-corrected chi connectivity index (χ2v) is 7.87. The molecule has 0 aliphatic carbocycles. The average molecular weight is 427 g/mol. The molecule has 1 fully saturated rings. The van der Waals surface area contributed by atoms with Gasteiger partial charge in [-0.15, -0.1) is 0 Å². The highest BCUT2D eigenvalue weighted by Gasteiger charge is 2.21. The Morgan fingerprint density at radius 3 is 2.76 bits per heavy atom. The number of halogens is 1. The van der Waals surface area contributed by atoms with Crippen molar-refractivity contribution in [3.63, 3.8) is 0 Å². The molecule has 7 heteroatoms. The quantitative estimate of drug-likeness (QED) is 0.581. The van der Waals surface area contributed by atoms with Crippen molar-refractivity contribution in [3.8, 4) is 5.75 Å². The minimum Gasteiger partial charge on any atom is -0.497 e. The first kappa shape index (κ1) is 19.7. The molecule has 0 spiro atoms. The molecular weight excluding hydrogens is 404 g/mol. The predicted molar refractivity (Wildman–Crippen MR) is 124 cm³/mol. The number of thiocarbonyl (C=S) groups is 1. The van der Waals surface area contributed by atoms with Crippen molar-refractivity contribution < 1.29 is 4.74 Å². The van der Waals surface area contributed by atoms with Crippen molar-refractivity contribution in [1.29, 1.82) is 0 Å². The average Bonchev–Trinajstić information content (AvgIpc) is 2.74. The molecule has 5 nitrogen and oxygen atoms in total. The molecule has 0 bridgehead atoms. The molecule has 3 aromatic rings. The van der Waals surface area contributed by atoms with Crippen LogP contribution in [-0.4, -0.2) is 36.3 Å². The SMILES string of the molecule is COc1cccc(NC(=S)NC2CCN(c3ccnc4c(Cl)cccc34)CC2)c1. The number of para-hydroxylation sites is 1. The molecule has 2 heterocycles. The van der Waals surface area contributed by atoms with E-state index in [1.807, 2.05) is 42.6 Å². The van der Waals surface area contributed by atoms with Gasteiger partial charge in [0.2, 0.25) is 0 Å². The van der Waals surface area contributed by atoms with Crippen molar-refractivity contribution in [2.75, 3.05) is 30.4 Å².